The summed E-state index contributed by atoms with van der Waals surface area (Å²) in [4.78, 5) is 11.3. The first-order chi connectivity index (χ1) is 5.61. The van der Waals surface area contributed by atoms with Crippen LogP contribution in [0.5, 0.6) is 0 Å². The topological polar surface area (TPSA) is 17.1 Å². The predicted molar refractivity (Wildman–Crippen MR) is 50.9 cm³/mol. The number of ketones is 1. The maximum absolute atomic E-state index is 11.3. The molecule has 0 bridgehead atoms. The quantitative estimate of drug-likeness (QED) is 0.463. The summed E-state index contributed by atoms with van der Waals surface area (Å²) in [6.45, 7) is 9.39. The molecule has 66 valence electrons. The van der Waals surface area contributed by atoms with Gasteiger partial charge in [-0.3, -0.25) is 4.79 Å². The van der Waals surface area contributed by atoms with Crippen molar-refractivity contribution in [2.75, 3.05) is 0 Å². The van der Waals surface area contributed by atoms with E-state index in [0.717, 1.165) is 12.8 Å². The Hall–Kier alpha value is -0.850. The van der Waals surface area contributed by atoms with Gasteiger partial charge in [0.25, 0.3) is 0 Å². The Balaban J connectivity index is 2.46. The molecule has 0 amide bonds. The lowest BCUT2D eigenvalue weighted by Crippen LogP contribution is -2.06. The zero-order chi connectivity index (χ0) is 9.14. The van der Waals surface area contributed by atoms with E-state index in [1.807, 2.05) is 0 Å². The van der Waals surface area contributed by atoms with Crippen molar-refractivity contribution in [2.45, 2.75) is 32.6 Å². The molecule has 1 atom stereocenters. The highest BCUT2D eigenvalue weighted by Gasteiger charge is 2.21. The van der Waals surface area contributed by atoms with Crippen LogP contribution in [0.1, 0.15) is 32.6 Å². The summed E-state index contributed by atoms with van der Waals surface area (Å²) in [7, 11) is 0. The molecule has 0 radical (unpaired) electrons. The Labute approximate surface area is 74.2 Å². The molecule has 0 spiro atoms. The first-order valence-corrected chi connectivity index (χ1v) is 4.47. The van der Waals surface area contributed by atoms with Gasteiger partial charge in [-0.05, 0) is 37.7 Å². The van der Waals surface area contributed by atoms with E-state index in [2.05, 4.69) is 13.2 Å². The lowest BCUT2D eigenvalue weighted by molar-refractivity contribution is -0.116. The standard InChI is InChI=1S/C11H16O/c1-8(2)11(12)7-10-6-4-5-9(10)3/h10H,1,3-7H2,2H3. The predicted octanol–water partition coefficient (Wildman–Crippen LogP) is 2.88. The fourth-order valence-corrected chi connectivity index (χ4v) is 1.63. The van der Waals surface area contributed by atoms with Crippen molar-refractivity contribution in [3.05, 3.63) is 24.3 Å². The van der Waals surface area contributed by atoms with E-state index in [-0.39, 0.29) is 5.78 Å². The van der Waals surface area contributed by atoms with Gasteiger partial charge in [0.1, 0.15) is 0 Å². The van der Waals surface area contributed by atoms with Crippen LogP contribution < -0.4 is 0 Å². The molecule has 1 aliphatic rings. The molecule has 1 heteroatoms. The Morgan fingerprint density at radius 1 is 1.67 bits per heavy atom. The third-order valence-electron chi connectivity index (χ3n) is 2.54. The van der Waals surface area contributed by atoms with Gasteiger partial charge in [0.05, 0.1) is 0 Å². The summed E-state index contributed by atoms with van der Waals surface area (Å²) in [5.74, 6) is 0.636. The Morgan fingerprint density at radius 3 is 2.75 bits per heavy atom. The number of allylic oxidation sites excluding steroid dienone is 2. The van der Waals surface area contributed by atoms with Gasteiger partial charge in [-0.25, -0.2) is 0 Å². The highest BCUT2D eigenvalue weighted by Crippen LogP contribution is 2.32. The first-order valence-electron chi connectivity index (χ1n) is 4.47. The van der Waals surface area contributed by atoms with Crippen molar-refractivity contribution in [1.82, 2.24) is 0 Å². The maximum atomic E-state index is 11.3. The minimum atomic E-state index is 0.197. The second-order valence-corrected chi connectivity index (χ2v) is 3.66. The van der Waals surface area contributed by atoms with E-state index in [1.165, 1.54) is 12.0 Å². The molecule has 1 aliphatic carbocycles. The molecule has 0 saturated heterocycles. The minimum absolute atomic E-state index is 0.197. The number of Topliss-reactive ketones (excluding diaryl/α,β-unsaturated/α-hetero) is 1. The molecule has 1 rings (SSSR count). The van der Waals surface area contributed by atoms with Crippen LogP contribution in [0, 0.1) is 5.92 Å². The highest BCUT2D eigenvalue weighted by molar-refractivity contribution is 5.94. The van der Waals surface area contributed by atoms with Crippen molar-refractivity contribution in [2.24, 2.45) is 5.92 Å². The SMILES string of the molecule is C=C(C)C(=O)CC1CCCC1=C. The Kier molecular flexibility index (Phi) is 2.85. The average Bonchev–Trinajstić information content (AvgIpc) is 2.36. The zero-order valence-electron chi connectivity index (χ0n) is 7.73. The summed E-state index contributed by atoms with van der Waals surface area (Å²) in [6.07, 6.45) is 4.08. The number of hydrogen-bond acceptors (Lipinski definition) is 1. The Bertz CT molecular complexity index is 225. The van der Waals surface area contributed by atoms with Crippen LogP contribution in [0.25, 0.3) is 0 Å². The average molecular weight is 164 g/mol. The van der Waals surface area contributed by atoms with Gasteiger partial charge in [0.15, 0.2) is 5.78 Å². The van der Waals surface area contributed by atoms with E-state index in [1.54, 1.807) is 6.92 Å². The summed E-state index contributed by atoms with van der Waals surface area (Å²) >= 11 is 0. The normalized spacial score (nSPS) is 22.8. The van der Waals surface area contributed by atoms with Gasteiger partial charge < -0.3 is 0 Å². The van der Waals surface area contributed by atoms with Gasteiger partial charge in [0, 0.05) is 6.42 Å². The molecule has 0 aromatic carbocycles. The molecule has 1 saturated carbocycles. The van der Waals surface area contributed by atoms with Gasteiger partial charge in [-0.15, -0.1) is 0 Å². The lowest BCUT2D eigenvalue weighted by atomic mass is 9.95. The van der Waals surface area contributed by atoms with E-state index >= 15 is 0 Å². The van der Waals surface area contributed by atoms with Gasteiger partial charge >= 0.3 is 0 Å². The third-order valence-corrected chi connectivity index (χ3v) is 2.54. The molecule has 0 aliphatic heterocycles. The monoisotopic (exact) mass is 164 g/mol. The number of rotatable bonds is 3. The number of hydrogen-bond donors (Lipinski definition) is 0. The molecule has 12 heavy (non-hydrogen) atoms. The van der Waals surface area contributed by atoms with E-state index < -0.39 is 0 Å². The van der Waals surface area contributed by atoms with Crippen LogP contribution in [0.2, 0.25) is 0 Å². The summed E-state index contributed by atoms with van der Waals surface area (Å²) in [6, 6.07) is 0. The van der Waals surface area contributed by atoms with Gasteiger partial charge in [-0.1, -0.05) is 18.7 Å². The summed E-state index contributed by atoms with van der Waals surface area (Å²) in [5, 5.41) is 0. The van der Waals surface area contributed by atoms with Crippen LogP contribution >= 0.6 is 0 Å². The van der Waals surface area contributed by atoms with Gasteiger partial charge in [-0.2, -0.15) is 0 Å². The van der Waals surface area contributed by atoms with E-state index in [4.69, 9.17) is 0 Å². The maximum Gasteiger partial charge on any atom is 0.158 e. The van der Waals surface area contributed by atoms with E-state index in [9.17, 15) is 4.79 Å². The van der Waals surface area contributed by atoms with Crippen molar-refractivity contribution in [1.29, 1.82) is 0 Å². The smallest absolute Gasteiger partial charge is 0.158 e. The Morgan fingerprint density at radius 2 is 2.33 bits per heavy atom. The molecule has 0 N–H and O–H groups in total. The van der Waals surface area contributed by atoms with Crippen LogP contribution in [-0.4, -0.2) is 5.78 Å². The van der Waals surface area contributed by atoms with Gasteiger partial charge in [0.2, 0.25) is 0 Å². The molecule has 0 aromatic heterocycles. The van der Waals surface area contributed by atoms with Crippen molar-refractivity contribution >= 4 is 5.78 Å². The fourth-order valence-electron chi connectivity index (χ4n) is 1.63. The largest absolute Gasteiger partial charge is 0.295 e. The summed E-state index contributed by atoms with van der Waals surface area (Å²) < 4.78 is 0. The minimum Gasteiger partial charge on any atom is -0.295 e. The molecule has 1 unspecified atom stereocenters. The van der Waals surface area contributed by atoms with Crippen LogP contribution in [0.15, 0.2) is 24.3 Å². The third kappa shape index (κ3) is 2.07. The second kappa shape index (κ2) is 3.70. The fraction of sp³-hybridized carbons (Fsp3) is 0.545. The van der Waals surface area contributed by atoms with Crippen molar-refractivity contribution in [3.8, 4) is 0 Å². The van der Waals surface area contributed by atoms with Crippen LogP contribution in [0.3, 0.4) is 0 Å². The number of carbonyl (C=O) groups excluding carboxylic acids is 1. The first kappa shape index (κ1) is 9.24. The zero-order valence-corrected chi connectivity index (χ0v) is 7.73. The molecular weight excluding hydrogens is 148 g/mol. The molecule has 1 nitrogen and oxygen atoms in total. The molecule has 0 aromatic rings. The molecule has 1 fully saturated rings. The number of carbonyl (C=O) groups is 1. The summed E-state index contributed by atoms with van der Waals surface area (Å²) in [5.41, 5.74) is 1.93. The van der Waals surface area contributed by atoms with Crippen molar-refractivity contribution in [3.63, 3.8) is 0 Å². The van der Waals surface area contributed by atoms with Crippen molar-refractivity contribution < 1.29 is 4.79 Å². The molecule has 0 heterocycles. The van der Waals surface area contributed by atoms with E-state index in [0.29, 0.717) is 17.9 Å². The molecular formula is C11H16O. The van der Waals surface area contributed by atoms with Crippen LogP contribution in [-0.2, 0) is 4.79 Å². The second-order valence-electron chi connectivity index (χ2n) is 3.66. The van der Waals surface area contributed by atoms with Crippen LogP contribution in [0.4, 0.5) is 0 Å². The highest BCUT2D eigenvalue weighted by atomic mass is 16.1. The lowest BCUT2D eigenvalue weighted by Gasteiger charge is -2.08.